The van der Waals surface area contributed by atoms with Crippen molar-refractivity contribution in [2.45, 2.75) is 12.8 Å². The highest BCUT2D eigenvalue weighted by atomic mass is 16.2. The molecule has 0 bridgehead atoms. The van der Waals surface area contributed by atoms with Gasteiger partial charge in [0.2, 0.25) is 5.91 Å². The topological polar surface area (TPSA) is 78.9 Å². The molecule has 92 valence electrons. The van der Waals surface area contributed by atoms with Gasteiger partial charge in [-0.05, 0) is 12.8 Å². The highest BCUT2D eigenvalue weighted by Gasteiger charge is 2.28. The Morgan fingerprint density at radius 2 is 2.12 bits per heavy atom. The average Bonchev–Trinajstić information content (AvgIpc) is 3.19. The zero-order chi connectivity index (χ0) is 12.1. The predicted molar refractivity (Wildman–Crippen MR) is 65.8 cm³/mol. The Labute approximate surface area is 100 Å². The molecular formula is C11H17N5O. The van der Waals surface area contributed by atoms with Gasteiger partial charge in [-0.3, -0.25) is 4.79 Å². The smallest absolute Gasteiger partial charge is 0.223 e. The molecule has 6 heteroatoms. The molecule has 3 N–H and O–H groups in total. The minimum Gasteiger partial charge on any atom is -0.373 e. The first-order chi connectivity index (χ1) is 8.29. The largest absolute Gasteiger partial charge is 0.373 e. The number of nitrogens with one attached hydrogen (secondary N) is 3. The molecule has 1 fully saturated rings. The molecule has 0 aromatic carbocycles. The second-order valence-electron chi connectivity index (χ2n) is 4.03. The first-order valence-corrected chi connectivity index (χ1v) is 5.81. The van der Waals surface area contributed by atoms with Gasteiger partial charge in [0.1, 0.15) is 18.0 Å². The van der Waals surface area contributed by atoms with Gasteiger partial charge in [0, 0.05) is 32.1 Å². The number of carbonyl (C=O) groups excluding carboxylic acids is 1. The van der Waals surface area contributed by atoms with Crippen LogP contribution < -0.4 is 16.0 Å². The van der Waals surface area contributed by atoms with Crippen molar-refractivity contribution in [2.24, 2.45) is 5.92 Å². The summed E-state index contributed by atoms with van der Waals surface area (Å²) in [6.45, 7) is 1.28. The van der Waals surface area contributed by atoms with E-state index < -0.39 is 0 Å². The quantitative estimate of drug-likeness (QED) is 0.624. The summed E-state index contributed by atoms with van der Waals surface area (Å²) in [5, 5.41) is 8.95. The molecule has 0 radical (unpaired) electrons. The van der Waals surface area contributed by atoms with Gasteiger partial charge < -0.3 is 16.0 Å². The summed E-state index contributed by atoms with van der Waals surface area (Å²) in [5.74, 6) is 1.96. The molecule has 0 spiro atoms. The Bertz CT molecular complexity index is 391. The Kier molecular flexibility index (Phi) is 3.74. The number of amides is 1. The molecule has 6 nitrogen and oxygen atoms in total. The zero-order valence-corrected chi connectivity index (χ0v) is 9.86. The standard InChI is InChI=1S/C11H17N5O/c1-12-9-6-10(16-7-15-9)13-4-5-14-11(17)8-2-3-8/h6-8H,2-5H2,1H3,(H,14,17)(H2,12,13,15,16). The van der Waals surface area contributed by atoms with E-state index in [4.69, 9.17) is 0 Å². The summed E-state index contributed by atoms with van der Waals surface area (Å²) >= 11 is 0. The maximum atomic E-state index is 11.3. The summed E-state index contributed by atoms with van der Waals surface area (Å²) in [6, 6.07) is 1.82. The zero-order valence-electron chi connectivity index (χ0n) is 9.86. The lowest BCUT2D eigenvalue weighted by atomic mass is 10.4. The van der Waals surface area contributed by atoms with E-state index in [0.29, 0.717) is 13.1 Å². The fourth-order valence-electron chi connectivity index (χ4n) is 1.46. The van der Waals surface area contributed by atoms with Crippen LogP contribution in [0.15, 0.2) is 12.4 Å². The van der Waals surface area contributed by atoms with Crippen molar-refractivity contribution in [1.29, 1.82) is 0 Å². The number of rotatable bonds is 6. The van der Waals surface area contributed by atoms with Crippen molar-refractivity contribution in [3.63, 3.8) is 0 Å². The lowest BCUT2D eigenvalue weighted by Gasteiger charge is -2.07. The number of anilines is 2. The molecule has 0 aliphatic heterocycles. The van der Waals surface area contributed by atoms with Gasteiger partial charge in [-0.1, -0.05) is 0 Å². The van der Waals surface area contributed by atoms with Crippen LogP contribution in [-0.4, -0.2) is 36.0 Å². The van der Waals surface area contributed by atoms with Crippen molar-refractivity contribution in [1.82, 2.24) is 15.3 Å². The molecule has 0 unspecified atom stereocenters. The van der Waals surface area contributed by atoms with Gasteiger partial charge in [0.15, 0.2) is 0 Å². The van der Waals surface area contributed by atoms with E-state index in [1.165, 1.54) is 6.33 Å². The molecular weight excluding hydrogens is 218 g/mol. The Morgan fingerprint density at radius 1 is 1.35 bits per heavy atom. The molecule has 1 aromatic rings. The third-order valence-electron chi connectivity index (χ3n) is 2.60. The minimum atomic E-state index is 0.172. The van der Waals surface area contributed by atoms with Gasteiger partial charge in [-0.25, -0.2) is 9.97 Å². The average molecular weight is 235 g/mol. The second-order valence-corrected chi connectivity index (χ2v) is 4.03. The monoisotopic (exact) mass is 235 g/mol. The van der Waals surface area contributed by atoms with Crippen LogP contribution in [0, 0.1) is 5.92 Å². The van der Waals surface area contributed by atoms with Gasteiger partial charge in [0.05, 0.1) is 0 Å². The second kappa shape index (κ2) is 5.47. The molecule has 17 heavy (non-hydrogen) atoms. The molecule has 1 amide bonds. The van der Waals surface area contributed by atoms with Crippen molar-refractivity contribution in [3.8, 4) is 0 Å². The van der Waals surface area contributed by atoms with E-state index in [9.17, 15) is 4.79 Å². The molecule has 2 rings (SSSR count). The predicted octanol–water partition coefficient (Wildman–Crippen LogP) is 0.456. The summed E-state index contributed by atoms with van der Waals surface area (Å²) < 4.78 is 0. The van der Waals surface area contributed by atoms with Crippen LogP contribution in [0.25, 0.3) is 0 Å². The highest BCUT2D eigenvalue weighted by Crippen LogP contribution is 2.28. The molecule has 1 aromatic heterocycles. The van der Waals surface area contributed by atoms with Gasteiger partial charge >= 0.3 is 0 Å². The molecule has 1 saturated carbocycles. The highest BCUT2D eigenvalue weighted by molar-refractivity contribution is 5.80. The van der Waals surface area contributed by atoms with Crippen molar-refractivity contribution in [3.05, 3.63) is 12.4 Å². The van der Waals surface area contributed by atoms with E-state index in [1.54, 1.807) is 0 Å². The van der Waals surface area contributed by atoms with Crippen LogP contribution in [0.1, 0.15) is 12.8 Å². The van der Waals surface area contributed by atoms with E-state index >= 15 is 0 Å². The third-order valence-corrected chi connectivity index (χ3v) is 2.60. The summed E-state index contributed by atoms with van der Waals surface area (Å²) in [6.07, 6.45) is 3.57. The Hall–Kier alpha value is -1.85. The van der Waals surface area contributed by atoms with Crippen molar-refractivity contribution in [2.75, 3.05) is 30.8 Å². The summed E-state index contributed by atoms with van der Waals surface area (Å²) in [7, 11) is 1.81. The van der Waals surface area contributed by atoms with Crippen LogP contribution in [-0.2, 0) is 4.79 Å². The number of hydrogen-bond acceptors (Lipinski definition) is 5. The summed E-state index contributed by atoms with van der Waals surface area (Å²) in [4.78, 5) is 19.4. The van der Waals surface area contributed by atoms with E-state index in [0.717, 1.165) is 24.5 Å². The van der Waals surface area contributed by atoms with Crippen LogP contribution in [0.4, 0.5) is 11.6 Å². The van der Waals surface area contributed by atoms with Crippen molar-refractivity contribution < 1.29 is 4.79 Å². The number of carbonyl (C=O) groups is 1. The van der Waals surface area contributed by atoms with E-state index in [-0.39, 0.29) is 11.8 Å². The number of hydrogen-bond donors (Lipinski definition) is 3. The fraction of sp³-hybridized carbons (Fsp3) is 0.545. The maximum Gasteiger partial charge on any atom is 0.223 e. The summed E-state index contributed by atoms with van der Waals surface area (Å²) in [5.41, 5.74) is 0. The number of aromatic nitrogens is 2. The first-order valence-electron chi connectivity index (χ1n) is 5.81. The minimum absolute atomic E-state index is 0.172. The lowest BCUT2D eigenvalue weighted by molar-refractivity contribution is -0.122. The fourth-order valence-corrected chi connectivity index (χ4v) is 1.46. The molecule has 0 atom stereocenters. The maximum absolute atomic E-state index is 11.3. The van der Waals surface area contributed by atoms with Crippen LogP contribution >= 0.6 is 0 Å². The van der Waals surface area contributed by atoms with Gasteiger partial charge in [0.25, 0.3) is 0 Å². The Morgan fingerprint density at radius 3 is 2.82 bits per heavy atom. The third kappa shape index (κ3) is 3.58. The van der Waals surface area contributed by atoms with Crippen molar-refractivity contribution >= 4 is 17.5 Å². The number of nitrogens with zero attached hydrogens (tertiary/aromatic N) is 2. The first kappa shape index (κ1) is 11.6. The molecule has 1 aliphatic carbocycles. The van der Waals surface area contributed by atoms with E-state index in [1.807, 2.05) is 13.1 Å². The van der Waals surface area contributed by atoms with Crippen LogP contribution in [0.5, 0.6) is 0 Å². The van der Waals surface area contributed by atoms with Crippen LogP contribution in [0.3, 0.4) is 0 Å². The normalized spacial score (nSPS) is 14.2. The Balaban J connectivity index is 1.68. The lowest BCUT2D eigenvalue weighted by Crippen LogP contribution is -2.29. The molecule has 0 saturated heterocycles. The van der Waals surface area contributed by atoms with Crippen LogP contribution in [0.2, 0.25) is 0 Å². The van der Waals surface area contributed by atoms with E-state index in [2.05, 4.69) is 25.9 Å². The van der Waals surface area contributed by atoms with Gasteiger partial charge in [-0.15, -0.1) is 0 Å². The van der Waals surface area contributed by atoms with Gasteiger partial charge in [-0.2, -0.15) is 0 Å². The SMILES string of the molecule is CNc1cc(NCCNC(=O)C2CC2)ncn1. The molecule has 1 heterocycles. The molecule has 1 aliphatic rings.